The highest BCUT2D eigenvalue weighted by Crippen LogP contribution is 2.42. The van der Waals surface area contributed by atoms with Crippen LogP contribution in [0, 0.1) is 11.3 Å². The number of piperidine rings is 1. The van der Waals surface area contributed by atoms with Crippen LogP contribution in [-0.4, -0.2) is 24.0 Å². The zero-order valence-electron chi connectivity index (χ0n) is 14.9. The molecule has 1 aliphatic carbocycles. The molecule has 0 atom stereocenters. The van der Waals surface area contributed by atoms with E-state index in [1.54, 1.807) is 4.90 Å². The number of halogens is 3. The quantitative estimate of drug-likeness (QED) is 0.587. The predicted octanol–water partition coefficient (Wildman–Crippen LogP) is 5.84. The molecule has 0 radical (unpaired) electrons. The molecule has 142 valence electrons. The number of fused-ring (bicyclic) bond motifs is 1. The van der Waals surface area contributed by atoms with E-state index in [1.165, 1.54) is 11.3 Å². The number of rotatable bonds is 2. The van der Waals surface area contributed by atoms with Crippen molar-refractivity contribution in [3.8, 4) is 16.5 Å². The van der Waals surface area contributed by atoms with Gasteiger partial charge in [0.2, 0.25) is 0 Å². The molecule has 2 aromatic heterocycles. The molecule has 4 rings (SSSR count). The lowest BCUT2D eigenvalue weighted by atomic mass is 9.95. The number of anilines is 1. The maximum absolute atomic E-state index is 14.0. The molecule has 0 saturated carbocycles. The van der Waals surface area contributed by atoms with Crippen molar-refractivity contribution in [2.45, 2.75) is 50.9 Å². The Labute approximate surface area is 166 Å². The Hall–Kier alpha value is -1.71. The van der Waals surface area contributed by atoms with Gasteiger partial charge in [-0.25, -0.2) is 13.8 Å². The number of thiophene rings is 1. The average molecular weight is 408 g/mol. The van der Waals surface area contributed by atoms with E-state index in [9.17, 15) is 14.0 Å². The second-order valence-corrected chi connectivity index (χ2v) is 8.98. The summed E-state index contributed by atoms with van der Waals surface area (Å²) < 4.78 is 28.7. The van der Waals surface area contributed by atoms with Crippen LogP contribution in [0.15, 0.2) is 12.1 Å². The van der Waals surface area contributed by atoms with Gasteiger partial charge in [-0.15, -0.1) is 11.3 Å². The molecule has 0 unspecified atom stereocenters. The van der Waals surface area contributed by atoms with Crippen LogP contribution >= 0.6 is 22.9 Å². The number of aryl methyl sites for hydroxylation is 1. The summed E-state index contributed by atoms with van der Waals surface area (Å²) in [5.41, 5.74) is 3.31. The number of aromatic nitrogens is 1. The Bertz CT molecular complexity index is 903. The summed E-state index contributed by atoms with van der Waals surface area (Å²) in [6, 6.07) is 6.02. The molecule has 1 saturated heterocycles. The molecule has 27 heavy (non-hydrogen) atoms. The fourth-order valence-corrected chi connectivity index (χ4v) is 5.23. The van der Waals surface area contributed by atoms with Gasteiger partial charge in [0.05, 0.1) is 10.9 Å². The number of nitrogens with zero attached hydrogens (tertiary/aromatic N) is 3. The lowest BCUT2D eigenvalue weighted by Crippen LogP contribution is -2.43. The normalized spacial score (nSPS) is 19.3. The van der Waals surface area contributed by atoms with Gasteiger partial charge in [-0.05, 0) is 49.8 Å². The minimum Gasteiger partial charge on any atom is -0.349 e. The van der Waals surface area contributed by atoms with Crippen LogP contribution < -0.4 is 4.90 Å². The summed E-state index contributed by atoms with van der Waals surface area (Å²) >= 11 is 7.58. The van der Waals surface area contributed by atoms with Gasteiger partial charge in [-0.1, -0.05) is 18.0 Å². The molecule has 2 aliphatic rings. The molecule has 0 amide bonds. The van der Waals surface area contributed by atoms with E-state index in [1.807, 2.05) is 12.1 Å². The third-order valence-corrected chi connectivity index (χ3v) is 6.58. The van der Waals surface area contributed by atoms with Crippen molar-refractivity contribution in [2.24, 2.45) is 0 Å². The Morgan fingerprint density at radius 1 is 1.19 bits per heavy atom. The summed E-state index contributed by atoms with van der Waals surface area (Å²) in [4.78, 5) is 7.29. The van der Waals surface area contributed by atoms with Gasteiger partial charge in [0, 0.05) is 29.1 Å². The molecule has 1 fully saturated rings. The fraction of sp³-hybridized carbons (Fsp3) is 0.500. The lowest BCUT2D eigenvalue weighted by Gasteiger charge is -2.34. The van der Waals surface area contributed by atoms with Crippen molar-refractivity contribution in [1.29, 1.82) is 5.26 Å². The van der Waals surface area contributed by atoms with Gasteiger partial charge in [-0.2, -0.15) is 5.26 Å². The van der Waals surface area contributed by atoms with Gasteiger partial charge in [0.25, 0.3) is 5.92 Å². The highest BCUT2D eigenvalue weighted by molar-refractivity contribution is 7.19. The summed E-state index contributed by atoms with van der Waals surface area (Å²) in [7, 11) is 0. The monoisotopic (exact) mass is 407 g/mol. The van der Waals surface area contributed by atoms with Gasteiger partial charge in [0.1, 0.15) is 17.5 Å². The molecule has 3 nitrogen and oxygen atoms in total. The second-order valence-electron chi connectivity index (χ2n) is 7.27. The van der Waals surface area contributed by atoms with Crippen LogP contribution in [0.1, 0.15) is 48.9 Å². The topological polar surface area (TPSA) is 39.9 Å². The first-order chi connectivity index (χ1) is 13.0. The molecular formula is C20H20ClF2N3S. The summed E-state index contributed by atoms with van der Waals surface area (Å²) in [6.45, 7) is 0.124. The minimum atomic E-state index is -2.74. The molecule has 0 bridgehead atoms. The fourth-order valence-electron chi connectivity index (χ4n) is 4.11. The zero-order chi connectivity index (χ0) is 19.0. The Morgan fingerprint density at radius 2 is 2.00 bits per heavy atom. The third kappa shape index (κ3) is 3.68. The summed E-state index contributed by atoms with van der Waals surface area (Å²) in [5, 5.41) is 9.97. The first-order valence-electron chi connectivity index (χ1n) is 9.33. The standard InChI is InChI=1S/C20H20ClF2N3S/c21-17-8-7-16(27-17)18-13-5-2-1-3-6-15(13)25-19(14(18)11-24)26-10-4-9-20(22,23)12-26/h7-8H,1-6,9-10,12H2. The molecular weight excluding hydrogens is 388 g/mol. The van der Waals surface area contributed by atoms with Crippen LogP contribution in [0.2, 0.25) is 4.34 Å². The Balaban J connectivity index is 1.92. The van der Waals surface area contributed by atoms with Crippen LogP contribution in [0.5, 0.6) is 0 Å². The molecule has 3 heterocycles. The van der Waals surface area contributed by atoms with Gasteiger partial charge >= 0.3 is 0 Å². The molecule has 1 aliphatic heterocycles. The van der Waals surface area contributed by atoms with E-state index >= 15 is 0 Å². The van der Waals surface area contributed by atoms with Gasteiger partial charge in [0.15, 0.2) is 0 Å². The van der Waals surface area contributed by atoms with Gasteiger partial charge < -0.3 is 4.90 Å². The first-order valence-corrected chi connectivity index (χ1v) is 10.5. The van der Waals surface area contributed by atoms with Crippen molar-refractivity contribution >= 4 is 28.8 Å². The SMILES string of the molecule is N#Cc1c(N2CCCC(F)(F)C2)nc2c(c1-c1ccc(Cl)s1)CCCCC2. The van der Waals surface area contributed by atoms with Crippen LogP contribution in [0.3, 0.4) is 0 Å². The van der Waals surface area contributed by atoms with E-state index in [0.717, 1.165) is 53.8 Å². The van der Waals surface area contributed by atoms with Crippen LogP contribution in [-0.2, 0) is 12.8 Å². The largest absolute Gasteiger partial charge is 0.349 e. The Kier molecular flexibility index (Phi) is 5.09. The third-order valence-electron chi connectivity index (χ3n) is 5.33. The maximum atomic E-state index is 14.0. The van der Waals surface area contributed by atoms with E-state index in [4.69, 9.17) is 16.6 Å². The van der Waals surface area contributed by atoms with E-state index in [0.29, 0.717) is 28.7 Å². The second kappa shape index (κ2) is 7.37. The van der Waals surface area contributed by atoms with Crippen LogP contribution in [0.25, 0.3) is 10.4 Å². The molecule has 0 N–H and O–H groups in total. The van der Waals surface area contributed by atoms with E-state index in [2.05, 4.69) is 6.07 Å². The molecule has 7 heteroatoms. The van der Waals surface area contributed by atoms with Crippen molar-refractivity contribution in [3.05, 3.63) is 33.3 Å². The van der Waals surface area contributed by atoms with Crippen molar-refractivity contribution in [3.63, 3.8) is 0 Å². The first kappa shape index (κ1) is 18.6. The highest BCUT2D eigenvalue weighted by Gasteiger charge is 2.37. The summed E-state index contributed by atoms with van der Waals surface area (Å²) in [5.74, 6) is -2.33. The molecule has 0 spiro atoms. The maximum Gasteiger partial charge on any atom is 0.265 e. The van der Waals surface area contributed by atoms with Crippen molar-refractivity contribution in [2.75, 3.05) is 18.0 Å². The smallest absolute Gasteiger partial charge is 0.265 e. The minimum absolute atomic E-state index is 0.107. The van der Waals surface area contributed by atoms with E-state index < -0.39 is 5.92 Å². The lowest BCUT2D eigenvalue weighted by molar-refractivity contribution is -0.0118. The summed E-state index contributed by atoms with van der Waals surface area (Å²) in [6.07, 6.45) is 5.17. The number of alkyl halides is 2. The van der Waals surface area contributed by atoms with E-state index in [-0.39, 0.29) is 13.0 Å². The number of pyridine rings is 1. The molecule has 2 aromatic rings. The predicted molar refractivity (Wildman–Crippen MR) is 105 cm³/mol. The van der Waals surface area contributed by atoms with Crippen LogP contribution in [0.4, 0.5) is 14.6 Å². The number of nitriles is 1. The molecule has 0 aromatic carbocycles. The average Bonchev–Trinajstić information content (AvgIpc) is 2.92. The number of hydrogen-bond donors (Lipinski definition) is 0. The Morgan fingerprint density at radius 3 is 2.70 bits per heavy atom. The number of hydrogen-bond acceptors (Lipinski definition) is 4. The zero-order valence-corrected chi connectivity index (χ0v) is 16.5. The van der Waals surface area contributed by atoms with Gasteiger partial charge in [-0.3, -0.25) is 0 Å². The van der Waals surface area contributed by atoms with Crippen molar-refractivity contribution < 1.29 is 8.78 Å². The van der Waals surface area contributed by atoms with Crippen molar-refractivity contribution in [1.82, 2.24) is 4.98 Å². The highest BCUT2D eigenvalue weighted by atomic mass is 35.5.